The van der Waals surface area contributed by atoms with E-state index in [1.165, 1.54) is 11.0 Å². The third-order valence-electron chi connectivity index (χ3n) is 1.96. The molecule has 0 bridgehead atoms. The Hall–Kier alpha value is -1.63. The molecule has 1 aromatic heterocycles. The summed E-state index contributed by atoms with van der Waals surface area (Å²) in [5.74, 6) is 0.0789. The molecule has 16 heavy (non-hydrogen) atoms. The van der Waals surface area contributed by atoms with Crippen molar-refractivity contribution in [1.29, 1.82) is 0 Å². The number of unbranched alkanes of at least 4 members (excludes halogenated alkanes) is 1. The van der Waals surface area contributed by atoms with Crippen molar-refractivity contribution in [2.75, 3.05) is 26.0 Å². The van der Waals surface area contributed by atoms with Crippen LogP contribution in [0.1, 0.15) is 12.8 Å². The van der Waals surface area contributed by atoms with Crippen molar-refractivity contribution in [1.82, 2.24) is 20.1 Å². The van der Waals surface area contributed by atoms with E-state index in [-0.39, 0.29) is 18.4 Å². The van der Waals surface area contributed by atoms with Gasteiger partial charge in [0.1, 0.15) is 12.9 Å². The van der Waals surface area contributed by atoms with Gasteiger partial charge in [0.2, 0.25) is 11.9 Å². The molecule has 1 heterocycles. The summed E-state index contributed by atoms with van der Waals surface area (Å²) in [6, 6.07) is 0. The molecule has 0 fully saturated rings. The Morgan fingerprint density at radius 1 is 1.62 bits per heavy atom. The minimum Gasteiger partial charge on any atom is -0.385 e. The fourth-order valence-electron chi connectivity index (χ4n) is 1.19. The third kappa shape index (κ3) is 4.74. The molecule has 7 nitrogen and oxygen atoms in total. The number of aromatic nitrogens is 3. The largest absolute Gasteiger partial charge is 0.385 e. The highest BCUT2D eigenvalue weighted by atomic mass is 16.5. The van der Waals surface area contributed by atoms with Gasteiger partial charge in [-0.25, -0.2) is 9.67 Å². The Morgan fingerprint density at radius 2 is 2.44 bits per heavy atom. The number of rotatable bonds is 7. The minimum absolute atomic E-state index is 0.0951. The molecule has 0 aliphatic heterocycles. The molecule has 3 N–H and O–H groups in total. The fraction of sp³-hybridized carbons (Fsp3) is 0.667. The second-order valence-corrected chi connectivity index (χ2v) is 3.35. The Kier molecular flexibility index (Phi) is 5.27. The van der Waals surface area contributed by atoms with E-state index in [0.717, 1.165) is 19.4 Å². The minimum atomic E-state index is -0.0951. The molecule has 1 aromatic rings. The molecule has 0 radical (unpaired) electrons. The van der Waals surface area contributed by atoms with Crippen LogP contribution in [-0.2, 0) is 16.1 Å². The summed E-state index contributed by atoms with van der Waals surface area (Å²) in [6.07, 6.45) is 3.27. The van der Waals surface area contributed by atoms with Crippen LogP contribution in [0.15, 0.2) is 6.33 Å². The topological polar surface area (TPSA) is 95.1 Å². The molecule has 0 unspecified atom stereocenters. The molecule has 0 saturated carbocycles. The smallest absolute Gasteiger partial charge is 0.241 e. The number of carbonyl (C=O) groups is 1. The molecule has 90 valence electrons. The number of methoxy groups -OCH3 is 1. The number of hydrogen-bond donors (Lipinski definition) is 2. The van der Waals surface area contributed by atoms with E-state index in [4.69, 9.17) is 10.5 Å². The highest BCUT2D eigenvalue weighted by Crippen LogP contribution is 1.90. The van der Waals surface area contributed by atoms with Crippen LogP contribution in [0.2, 0.25) is 0 Å². The van der Waals surface area contributed by atoms with Crippen molar-refractivity contribution in [3.63, 3.8) is 0 Å². The maximum atomic E-state index is 11.4. The number of hydrogen-bond acceptors (Lipinski definition) is 5. The van der Waals surface area contributed by atoms with E-state index in [1.807, 2.05) is 0 Å². The Morgan fingerprint density at radius 3 is 3.06 bits per heavy atom. The average Bonchev–Trinajstić information content (AvgIpc) is 2.63. The molecule has 0 saturated heterocycles. The first-order chi connectivity index (χ1) is 7.72. The summed E-state index contributed by atoms with van der Waals surface area (Å²) in [4.78, 5) is 15.1. The number of nitrogens with one attached hydrogen (secondary N) is 1. The van der Waals surface area contributed by atoms with Crippen molar-refractivity contribution < 1.29 is 9.53 Å². The standard InChI is InChI=1S/C9H17N5O2/c1-16-5-3-2-4-11-8(15)6-14-7-12-9(10)13-14/h7H,2-6H2,1H3,(H2,10,13)(H,11,15). The summed E-state index contributed by atoms with van der Waals surface area (Å²) in [6.45, 7) is 1.51. The summed E-state index contributed by atoms with van der Waals surface area (Å²) < 4.78 is 6.30. The van der Waals surface area contributed by atoms with Gasteiger partial charge in [0.15, 0.2) is 0 Å². The lowest BCUT2D eigenvalue weighted by Gasteiger charge is -2.04. The zero-order valence-electron chi connectivity index (χ0n) is 9.35. The van der Waals surface area contributed by atoms with Crippen LogP contribution in [0, 0.1) is 0 Å². The van der Waals surface area contributed by atoms with Crippen LogP contribution in [0.5, 0.6) is 0 Å². The molecule has 7 heteroatoms. The SMILES string of the molecule is COCCCCNC(=O)Cn1cnc(N)n1. The second kappa shape index (κ2) is 6.78. The molecule has 0 spiro atoms. The Bertz CT molecular complexity index is 325. The van der Waals surface area contributed by atoms with Crippen molar-refractivity contribution in [3.05, 3.63) is 6.33 Å². The highest BCUT2D eigenvalue weighted by Gasteiger charge is 2.03. The van der Waals surface area contributed by atoms with Crippen LogP contribution >= 0.6 is 0 Å². The first kappa shape index (κ1) is 12.4. The lowest BCUT2D eigenvalue weighted by molar-refractivity contribution is -0.121. The molecule has 1 rings (SSSR count). The zero-order valence-corrected chi connectivity index (χ0v) is 9.35. The first-order valence-corrected chi connectivity index (χ1v) is 5.13. The molecule has 0 atom stereocenters. The van der Waals surface area contributed by atoms with E-state index in [2.05, 4.69) is 15.4 Å². The number of nitrogen functional groups attached to an aromatic ring is 1. The summed E-state index contributed by atoms with van der Waals surface area (Å²) in [5.41, 5.74) is 5.32. The van der Waals surface area contributed by atoms with Gasteiger partial charge in [0.05, 0.1) is 0 Å². The molecule has 0 aromatic carbocycles. The quantitative estimate of drug-likeness (QED) is 0.607. The summed E-state index contributed by atoms with van der Waals surface area (Å²) in [7, 11) is 1.66. The van der Waals surface area contributed by atoms with Gasteiger partial charge in [-0.05, 0) is 12.8 Å². The molecular formula is C9H17N5O2. The second-order valence-electron chi connectivity index (χ2n) is 3.35. The van der Waals surface area contributed by atoms with Crippen LogP contribution in [0.25, 0.3) is 0 Å². The van der Waals surface area contributed by atoms with Gasteiger partial charge in [-0.15, -0.1) is 5.10 Å². The van der Waals surface area contributed by atoms with Crippen molar-refractivity contribution in [2.45, 2.75) is 19.4 Å². The average molecular weight is 227 g/mol. The van der Waals surface area contributed by atoms with Crippen molar-refractivity contribution >= 4 is 11.9 Å². The lowest BCUT2D eigenvalue weighted by Crippen LogP contribution is -2.28. The monoisotopic (exact) mass is 227 g/mol. The number of nitrogens with two attached hydrogens (primary N) is 1. The lowest BCUT2D eigenvalue weighted by atomic mass is 10.3. The predicted molar refractivity (Wildman–Crippen MR) is 58.6 cm³/mol. The molecule has 0 aliphatic rings. The van der Waals surface area contributed by atoms with E-state index >= 15 is 0 Å². The summed E-state index contributed by atoms with van der Waals surface area (Å²) >= 11 is 0. The predicted octanol–water partition coefficient (Wildman–Crippen LogP) is -0.597. The van der Waals surface area contributed by atoms with Crippen LogP contribution < -0.4 is 11.1 Å². The Balaban J connectivity index is 2.11. The normalized spacial score (nSPS) is 10.3. The maximum absolute atomic E-state index is 11.4. The fourth-order valence-corrected chi connectivity index (χ4v) is 1.19. The third-order valence-corrected chi connectivity index (χ3v) is 1.96. The van der Waals surface area contributed by atoms with Crippen molar-refractivity contribution in [2.24, 2.45) is 0 Å². The van der Waals surface area contributed by atoms with Gasteiger partial charge in [0.25, 0.3) is 0 Å². The zero-order chi connectivity index (χ0) is 11.8. The van der Waals surface area contributed by atoms with Gasteiger partial charge >= 0.3 is 0 Å². The van der Waals surface area contributed by atoms with E-state index in [0.29, 0.717) is 6.54 Å². The van der Waals surface area contributed by atoms with Gasteiger partial charge in [-0.1, -0.05) is 0 Å². The van der Waals surface area contributed by atoms with Crippen LogP contribution in [0.4, 0.5) is 5.95 Å². The van der Waals surface area contributed by atoms with Gasteiger partial charge in [0, 0.05) is 20.3 Å². The number of anilines is 1. The van der Waals surface area contributed by atoms with E-state index in [9.17, 15) is 4.79 Å². The van der Waals surface area contributed by atoms with E-state index in [1.54, 1.807) is 7.11 Å². The van der Waals surface area contributed by atoms with Gasteiger partial charge in [-0.2, -0.15) is 0 Å². The van der Waals surface area contributed by atoms with Crippen LogP contribution in [0.3, 0.4) is 0 Å². The number of amides is 1. The number of ether oxygens (including phenoxy) is 1. The van der Waals surface area contributed by atoms with E-state index < -0.39 is 0 Å². The van der Waals surface area contributed by atoms with Gasteiger partial charge in [-0.3, -0.25) is 4.79 Å². The van der Waals surface area contributed by atoms with Crippen LogP contribution in [-0.4, -0.2) is 40.9 Å². The first-order valence-electron chi connectivity index (χ1n) is 5.13. The molecular weight excluding hydrogens is 210 g/mol. The maximum Gasteiger partial charge on any atom is 0.241 e. The number of carbonyl (C=O) groups excluding carboxylic acids is 1. The van der Waals surface area contributed by atoms with Crippen molar-refractivity contribution in [3.8, 4) is 0 Å². The number of nitrogens with zero attached hydrogens (tertiary/aromatic N) is 3. The van der Waals surface area contributed by atoms with Gasteiger partial charge < -0.3 is 15.8 Å². The Labute approximate surface area is 94.0 Å². The molecule has 1 amide bonds. The highest BCUT2D eigenvalue weighted by molar-refractivity contribution is 5.75. The summed E-state index contributed by atoms with van der Waals surface area (Å²) in [5, 5.41) is 6.59. The molecule has 0 aliphatic carbocycles.